The van der Waals surface area contributed by atoms with Crippen molar-refractivity contribution in [3.63, 3.8) is 0 Å². The smallest absolute Gasteiger partial charge is 0.227 e. The number of rotatable bonds is 7. The van der Waals surface area contributed by atoms with Crippen molar-refractivity contribution in [3.8, 4) is 5.75 Å². The van der Waals surface area contributed by atoms with E-state index in [-0.39, 0.29) is 11.8 Å². The Morgan fingerprint density at radius 3 is 2.69 bits per heavy atom. The van der Waals surface area contributed by atoms with E-state index in [0.29, 0.717) is 25.5 Å². The van der Waals surface area contributed by atoms with Crippen molar-refractivity contribution in [2.24, 2.45) is 5.92 Å². The number of ether oxygens (including phenoxy) is 1. The summed E-state index contributed by atoms with van der Waals surface area (Å²) in [5.41, 5.74) is 3.02. The van der Waals surface area contributed by atoms with Crippen LogP contribution < -0.4 is 9.64 Å². The molecule has 1 aliphatic heterocycles. The number of benzene rings is 2. The van der Waals surface area contributed by atoms with Crippen molar-refractivity contribution >= 4 is 22.6 Å². The number of hydrogen-bond acceptors (Lipinski definition) is 3. The summed E-state index contributed by atoms with van der Waals surface area (Å²) in [7, 11) is 0. The average molecular weight is 392 g/mol. The third kappa shape index (κ3) is 3.86. The molecule has 0 unspecified atom stereocenters. The van der Waals surface area contributed by atoms with Crippen LogP contribution in [0.2, 0.25) is 0 Å². The summed E-state index contributed by atoms with van der Waals surface area (Å²) in [5.74, 6) is 2.61. The second-order valence-corrected chi connectivity index (χ2v) is 8.10. The highest BCUT2D eigenvalue weighted by molar-refractivity contribution is 5.97. The first-order valence-corrected chi connectivity index (χ1v) is 10.6. The van der Waals surface area contributed by atoms with Gasteiger partial charge >= 0.3 is 0 Å². The number of carbonyl (C=O) groups is 1. The highest BCUT2D eigenvalue weighted by atomic mass is 16.5. The van der Waals surface area contributed by atoms with Gasteiger partial charge in [0.2, 0.25) is 5.91 Å². The number of carbonyl (C=O) groups excluding carboxylic acids is 1. The summed E-state index contributed by atoms with van der Waals surface area (Å²) >= 11 is 0. The fourth-order valence-corrected chi connectivity index (χ4v) is 4.10. The van der Waals surface area contributed by atoms with Gasteiger partial charge in [0.25, 0.3) is 0 Å². The molecule has 152 valence electrons. The van der Waals surface area contributed by atoms with Crippen LogP contribution in [-0.4, -0.2) is 28.6 Å². The van der Waals surface area contributed by atoms with Crippen LogP contribution in [-0.2, 0) is 11.3 Å². The zero-order chi connectivity index (χ0) is 20.4. The molecule has 1 atom stereocenters. The molecule has 0 N–H and O–H groups in total. The molecule has 0 bridgehead atoms. The summed E-state index contributed by atoms with van der Waals surface area (Å²) < 4.78 is 8.09. The second kappa shape index (κ2) is 8.27. The Balaban J connectivity index is 1.67. The molecule has 1 amide bonds. The van der Waals surface area contributed by atoms with Gasteiger partial charge in [-0.1, -0.05) is 38.1 Å². The zero-order valence-electron chi connectivity index (χ0n) is 17.5. The van der Waals surface area contributed by atoms with Crippen molar-refractivity contribution in [2.45, 2.75) is 46.1 Å². The molecule has 29 heavy (non-hydrogen) atoms. The minimum absolute atomic E-state index is 0.0803. The molecule has 0 spiro atoms. The van der Waals surface area contributed by atoms with Crippen LogP contribution in [0.25, 0.3) is 11.0 Å². The van der Waals surface area contributed by atoms with E-state index in [1.165, 1.54) is 0 Å². The van der Waals surface area contributed by atoms with Crippen LogP contribution in [0, 0.1) is 5.92 Å². The Labute approximate surface area is 172 Å². The Kier molecular flexibility index (Phi) is 5.56. The van der Waals surface area contributed by atoms with E-state index in [0.717, 1.165) is 41.3 Å². The first-order chi connectivity index (χ1) is 14.1. The first-order valence-electron chi connectivity index (χ1n) is 10.6. The SMILES string of the molecule is CCOc1ccccc1N1C[C@H](c2nc3ccccc3n2CCC(C)C)CC1=O. The molecule has 2 heterocycles. The second-order valence-electron chi connectivity index (χ2n) is 8.10. The lowest BCUT2D eigenvalue weighted by Gasteiger charge is -2.20. The predicted molar refractivity (Wildman–Crippen MR) is 117 cm³/mol. The molecule has 4 rings (SSSR count). The predicted octanol–water partition coefficient (Wildman–Crippen LogP) is 5.00. The lowest BCUT2D eigenvalue weighted by molar-refractivity contribution is -0.117. The fraction of sp³-hybridized carbons (Fsp3) is 0.417. The van der Waals surface area contributed by atoms with Crippen molar-refractivity contribution < 1.29 is 9.53 Å². The van der Waals surface area contributed by atoms with E-state index >= 15 is 0 Å². The van der Waals surface area contributed by atoms with Gasteiger partial charge in [-0.15, -0.1) is 0 Å². The van der Waals surface area contributed by atoms with Gasteiger partial charge < -0.3 is 14.2 Å². The molecule has 1 fully saturated rings. The summed E-state index contributed by atoms with van der Waals surface area (Å²) in [4.78, 5) is 19.8. The van der Waals surface area contributed by atoms with Crippen LogP contribution >= 0.6 is 0 Å². The maximum atomic E-state index is 12.9. The van der Waals surface area contributed by atoms with Gasteiger partial charge in [-0.05, 0) is 43.5 Å². The summed E-state index contributed by atoms with van der Waals surface area (Å²) in [6.07, 6.45) is 1.57. The quantitative estimate of drug-likeness (QED) is 0.569. The van der Waals surface area contributed by atoms with Crippen molar-refractivity contribution in [3.05, 3.63) is 54.4 Å². The normalized spacial score (nSPS) is 16.9. The average Bonchev–Trinajstić information content (AvgIpc) is 3.27. The van der Waals surface area contributed by atoms with Crippen LogP contribution in [0.1, 0.15) is 45.4 Å². The number of anilines is 1. The molecule has 0 saturated carbocycles. The van der Waals surface area contributed by atoms with E-state index < -0.39 is 0 Å². The molecule has 3 aromatic rings. The maximum absolute atomic E-state index is 12.9. The first kappa shape index (κ1) is 19.5. The van der Waals surface area contributed by atoms with Gasteiger partial charge in [0.15, 0.2) is 0 Å². The standard InChI is InChI=1S/C24H29N3O2/c1-4-29-22-12-8-7-11-21(22)27-16-18(15-23(27)28)24-25-19-9-5-6-10-20(19)26(24)14-13-17(2)3/h5-12,17-18H,4,13-16H2,1-3H3/t18-/m1/s1. The minimum atomic E-state index is 0.0803. The van der Waals surface area contributed by atoms with E-state index in [1.807, 2.05) is 42.2 Å². The van der Waals surface area contributed by atoms with E-state index in [1.54, 1.807) is 0 Å². The number of para-hydroxylation sites is 4. The van der Waals surface area contributed by atoms with Crippen LogP contribution in [0.4, 0.5) is 5.69 Å². The monoisotopic (exact) mass is 391 g/mol. The Hall–Kier alpha value is -2.82. The lowest BCUT2D eigenvalue weighted by Crippen LogP contribution is -2.25. The number of amides is 1. The van der Waals surface area contributed by atoms with E-state index in [9.17, 15) is 4.79 Å². The topological polar surface area (TPSA) is 47.4 Å². The lowest BCUT2D eigenvalue weighted by atomic mass is 10.1. The van der Waals surface area contributed by atoms with E-state index in [2.05, 4.69) is 36.6 Å². The third-order valence-corrected chi connectivity index (χ3v) is 5.56. The largest absolute Gasteiger partial charge is 0.492 e. The summed E-state index contributed by atoms with van der Waals surface area (Å²) in [6, 6.07) is 16.1. The zero-order valence-corrected chi connectivity index (χ0v) is 17.5. The maximum Gasteiger partial charge on any atom is 0.227 e. The van der Waals surface area contributed by atoms with Crippen molar-refractivity contribution in [2.75, 3.05) is 18.1 Å². The van der Waals surface area contributed by atoms with Crippen molar-refractivity contribution in [1.82, 2.24) is 9.55 Å². The molecular formula is C24H29N3O2. The minimum Gasteiger partial charge on any atom is -0.492 e. The van der Waals surface area contributed by atoms with Crippen molar-refractivity contribution in [1.29, 1.82) is 0 Å². The van der Waals surface area contributed by atoms with Gasteiger partial charge in [0.1, 0.15) is 11.6 Å². The Morgan fingerprint density at radius 1 is 1.14 bits per heavy atom. The van der Waals surface area contributed by atoms with Crippen LogP contribution in [0.15, 0.2) is 48.5 Å². The highest BCUT2D eigenvalue weighted by Gasteiger charge is 2.35. The Bertz CT molecular complexity index is 1010. The Morgan fingerprint density at radius 2 is 1.90 bits per heavy atom. The molecule has 0 aliphatic carbocycles. The van der Waals surface area contributed by atoms with Gasteiger partial charge in [0.05, 0.1) is 23.3 Å². The summed E-state index contributed by atoms with van der Waals surface area (Å²) in [6.45, 7) is 8.58. The number of fused-ring (bicyclic) bond motifs is 1. The summed E-state index contributed by atoms with van der Waals surface area (Å²) in [5, 5.41) is 0. The molecule has 2 aromatic carbocycles. The molecule has 5 nitrogen and oxygen atoms in total. The molecule has 1 aromatic heterocycles. The van der Waals surface area contributed by atoms with Gasteiger partial charge in [-0.3, -0.25) is 4.79 Å². The molecule has 5 heteroatoms. The molecule has 0 radical (unpaired) electrons. The van der Waals surface area contributed by atoms with Gasteiger partial charge in [-0.25, -0.2) is 4.98 Å². The van der Waals surface area contributed by atoms with E-state index in [4.69, 9.17) is 9.72 Å². The van der Waals surface area contributed by atoms with Crippen LogP contribution in [0.3, 0.4) is 0 Å². The number of imidazole rings is 1. The van der Waals surface area contributed by atoms with Gasteiger partial charge in [-0.2, -0.15) is 0 Å². The highest BCUT2D eigenvalue weighted by Crippen LogP contribution is 2.37. The number of hydrogen-bond donors (Lipinski definition) is 0. The molecular weight excluding hydrogens is 362 g/mol. The third-order valence-electron chi connectivity index (χ3n) is 5.56. The number of nitrogens with zero attached hydrogens (tertiary/aromatic N) is 3. The number of aryl methyl sites for hydroxylation is 1. The number of aromatic nitrogens is 2. The van der Waals surface area contributed by atoms with Gasteiger partial charge in [0, 0.05) is 25.4 Å². The fourth-order valence-electron chi connectivity index (χ4n) is 4.10. The van der Waals surface area contributed by atoms with Crippen LogP contribution in [0.5, 0.6) is 5.75 Å². The molecule has 1 aliphatic rings. The molecule has 1 saturated heterocycles.